The molecular weight excluding hydrogens is 298 g/mol. The van der Waals surface area contributed by atoms with Gasteiger partial charge in [0, 0.05) is 10.5 Å². The zero-order valence-corrected chi connectivity index (χ0v) is 13.3. The van der Waals surface area contributed by atoms with Crippen molar-refractivity contribution in [2.24, 2.45) is 17.8 Å². The van der Waals surface area contributed by atoms with Crippen molar-refractivity contribution in [2.75, 3.05) is 6.54 Å². The number of fused-ring (bicyclic) bond motifs is 1. The van der Waals surface area contributed by atoms with Gasteiger partial charge in [-0.15, -0.1) is 0 Å². The minimum Gasteiger partial charge on any atom is -0.313 e. The number of rotatable bonds is 6. The van der Waals surface area contributed by atoms with Crippen LogP contribution in [0.15, 0.2) is 28.7 Å². The highest BCUT2D eigenvalue weighted by molar-refractivity contribution is 9.10. The standard InChI is InChI=1S/C17H24BrN/c1-2-10-19-16(17-14-4-3-5-15(14)17)11-12-6-8-13(18)9-7-12/h6-9,14-17,19H,2-5,10-11H2,1H3. The molecule has 0 amide bonds. The number of nitrogens with one attached hydrogen (secondary N) is 1. The van der Waals surface area contributed by atoms with E-state index in [9.17, 15) is 0 Å². The molecule has 3 rings (SSSR count). The molecule has 1 aromatic carbocycles. The third-order valence-corrected chi connectivity index (χ3v) is 5.49. The van der Waals surface area contributed by atoms with Gasteiger partial charge >= 0.3 is 0 Å². The molecule has 0 aliphatic heterocycles. The lowest BCUT2D eigenvalue weighted by atomic mass is 9.97. The third-order valence-electron chi connectivity index (χ3n) is 4.96. The Balaban J connectivity index is 1.64. The molecule has 2 aliphatic rings. The summed E-state index contributed by atoms with van der Waals surface area (Å²) in [6.45, 7) is 3.43. The molecule has 0 spiro atoms. The molecule has 3 atom stereocenters. The van der Waals surface area contributed by atoms with E-state index in [4.69, 9.17) is 0 Å². The highest BCUT2D eigenvalue weighted by atomic mass is 79.9. The largest absolute Gasteiger partial charge is 0.313 e. The molecule has 0 radical (unpaired) electrons. The normalized spacial score (nSPS) is 30.1. The molecule has 1 nitrogen and oxygen atoms in total. The Morgan fingerprint density at radius 3 is 2.53 bits per heavy atom. The predicted octanol–water partition coefficient (Wildman–Crippen LogP) is 4.41. The van der Waals surface area contributed by atoms with Crippen molar-refractivity contribution in [3.63, 3.8) is 0 Å². The topological polar surface area (TPSA) is 12.0 Å². The average Bonchev–Trinajstić information content (AvgIpc) is 2.90. The summed E-state index contributed by atoms with van der Waals surface area (Å²) in [7, 11) is 0. The van der Waals surface area contributed by atoms with E-state index in [1.54, 1.807) is 0 Å². The second kappa shape index (κ2) is 5.97. The van der Waals surface area contributed by atoms with Gasteiger partial charge in [0.2, 0.25) is 0 Å². The monoisotopic (exact) mass is 321 g/mol. The molecule has 2 aliphatic carbocycles. The molecular formula is C17H24BrN. The molecule has 2 fully saturated rings. The fourth-order valence-electron chi connectivity index (χ4n) is 4.02. The zero-order valence-electron chi connectivity index (χ0n) is 11.7. The summed E-state index contributed by atoms with van der Waals surface area (Å²) in [6.07, 6.45) is 6.88. The van der Waals surface area contributed by atoms with Crippen LogP contribution in [0.4, 0.5) is 0 Å². The van der Waals surface area contributed by atoms with Crippen LogP contribution >= 0.6 is 15.9 Å². The van der Waals surface area contributed by atoms with Crippen LogP contribution in [0.25, 0.3) is 0 Å². The first-order valence-corrected chi connectivity index (χ1v) is 8.56. The summed E-state index contributed by atoms with van der Waals surface area (Å²) in [5, 5.41) is 3.81. The molecule has 0 aromatic heterocycles. The summed E-state index contributed by atoms with van der Waals surface area (Å²) in [5.74, 6) is 3.05. The Hall–Kier alpha value is -0.340. The summed E-state index contributed by atoms with van der Waals surface area (Å²) in [5.41, 5.74) is 1.47. The molecule has 0 bridgehead atoms. The Morgan fingerprint density at radius 2 is 1.89 bits per heavy atom. The number of hydrogen-bond acceptors (Lipinski definition) is 1. The Labute approximate surface area is 125 Å². The van der Waals surface area contributed by atoms with Gasteiger partial charge in [0.05, 0.1) is 0 Å². The van der Waals surface area contributed by atoms with Crippen LogP contribution in [0.1, 0.15) is 38.2 Å². The molecule has 2 heteroatoms. The number of hydrogen-bond donors (Lipinski definition) is 1. The molecule has 0 saturated heterocycles. The summed E-state index contributed by atoms with van der Waals surface area (Å²) >= 11 is 3.52. The molecule has 2 saturated carbocycles. The lowest BCUT2D eigenvalue weighted by Gasteiger charge is -2.20. The van der Waals surface area contributed by atoms with E-state index in [0.717, 1.165) is 24.3 Å². The van der Waals surface area contributed by atoms with Crippen LogP contribution in [0.2, 0.25) is 0 Å². The molecule has 0 heterocycles. The van der Waals surface area contributed by atoms with Crippen LogP contribution in [0.3, 0.4) is 0 Å². The Kier molecular flexibility index (Phi) is 4.28. The highest BCUT2D eigenvalue weighted by Crippen LogP contribution is 2.59. The first-order chi connectivity index (χ1) is 9.29. The van der Waals surface area contributed by atoms with E-state index >= 15 is 0 Å². The van der Waals surface area contributed by atoms with Crippen LogP contribution in [-0.2, 0) is 6.42 Å². The van der Waals surface area contributed by atoms with E-state index in [0.29, 0.717) is 6.04 Å². The van der Waals surface area contributed by atoms with E-state index in [-0.39, 0.29) is 0 Å². The maximum Gasteiger partial charge on any atom is 0.0175 e. The molecule has 104 valence electrons. The van der Waals surface area contributed by atoms with Crippen molar-refractivity contribution >= 4 is 15.9 Å². The van der Waals surface area contributed by atoms with Gasteiger partial charge in [0.15, 0.2) is 0 Å². The van der Waals surface area contributed by atoms with Crippen molar-refractivity contribution in [1.82, 2.24) is 5.32 Å². The molecule has 3 unspecified atom stereocenters. The van der Waals surface area contributed by atoms with Crippen molar-refractivity contribution < 1.29 is 0 Å². The Bertz CT molecular complexity index is 404. The van der Waals surface area contributed by atoms with E-state index in [2.05, 4.69) is 52.4 Å². The van der Waals surface area contributed by atoms with Gasteiger partial charge in [0.1, 0.15) is 0 Å². The highest BCUT2D eigenvalue weighted by Gasteiger charge is 2.55. The average molecular weight is 322 g/mol. The smallest absolute Gasteiger partial charge is 0.0175 e. The van der Waals surface area contributed by atoms with Crippen LogP contribution < -0.4 is 5.32 Å². The van der Waals surface area contributed by atoms with E-state index < -0.39 is 0 Å². The van der Waals surface area contributed by atoms with Gasteiger partial charge in [0.25, 0.3) is 0 Å². The second-order valence-corrected chi connectivity index (χ2v) is 7.14. The van der Waals surface area contributed by atoms with Crippen LogP contribution in [0, 0.1) is 17.8 Å². The van der Waals surface area contributed by atoms with Crippen molar-refractivity contribution in [3.05, 3.63) is 34.3 Å². The van der Waals surface area contributed by atoms with Crippen molar-refractivity contribution in [3.8, 4) is 0 Å². The van der Waals surface area contributed by atoms with Gasteiger partial charge < -0.3 is 5.32 Å². The minimum absolute atomic E-state index is 0.705. The van der Waals surface area contributed by atoms with Gasteiger partial charge in [-0.3, -0.25) is 0 Å². The maximum atomic E-state index is 3.81. The minimum atomic E-state index is 0.705. The van der Waals surface area contributed by atoms with E-state index in [1.165, 1.54) is 42.1 Å². The van der Waals surface area contributed by atoms with E-state index in [1.807, 2.05) is 0 Å². The maximum absolute atomic E-state index is 3.81. The van der Waals surface area contributed by atoms with Gasteiger partial charge in [-0.1, -0.05) is 41.4 Å². The summed E-state index contributed by atoms with van der Waals surface area (Å²) < 4.78 is 1.18. The lowest BCUT2D eigenvalue weighted by molar-refractivity contribution is 0.403. The first kappa shape index (κ1) is 13.6. The number of halogens is 1. The van der Waals surface area contributed by atoms with Crippen molar-refractivity contribution in [1.29, 1.82) is 0 Å². The Morgan fingerprint density at radius 1 is 1.21 bits per heavy atom. The summed E-state index contributed by atoms with van der Waals surface area (Å²) in [6, 6.07) is 9.57. The summed E-state index contributed by atoms with van der Waals surface area (Å²) in [4.78, 5) is 0. The number of benzene rings is 1. The molecule has 1 N–H and O–H groups in total. The van der Waals surface area contributed by atoms with Gasteiger partial charge in [-0.05, 0) is 67.7 Å². The third kappa shape index (κ3) is 3.05. The zero-order chi connectivity index (χ0) is 13.2. The van der Waals surface area contributed by atoms with Gasteiger partial charge in [-0.25, -0.2) is 0 Å². The fourth-order valence-corrected chi connectivity index (χ4v) is 4.29. The first-order valence-electron chi connectivity index (χ1n) is 7.77. The predicted molar refractivity (Wildman–Crippen MR) is 84.2 cm³/mol. The molecule has 1 aromatic rings. The SMILES string of the molecule is CCCNC(Cc1ccc(Br)cc1)C1C2CCCC21. The molecule has 19 heavy (non-hydrogen) atoms. The lowest BCUT2D eigenvalue weighted by Crippen LogP contribution is -2.35. The fraction of sp³-hybridized carbons (Fsp3) is 0.647. The van der Waals surface area contributed by atoms with Crippen LogP contribution in [-0.4, -0.2) is 12.6 Å². The van der Waals surface area contributed by atoms with Crippen LogP contribution in [0.5, 0.6) is 0 Å². The quantitative estimate of drug-likeness (QED) is 0.818. The van der Waals surface area contributed by atoms with Gasteiger partial charge in [-0.2, -0.15) is 0 Å². The second-order valence-electron chi connectivity index (χ2n) is 6.23. The van der Waals surface area contributed by atoms with Crippen molar-refractivity contribution in [2.45, 2.75) is 45.1 Å².